The van der Waals surface area contributed by atoms with E-state index in [9.17, 15) is 23.7 Å². The fraction of sp³-hybridized carbons (Fsp3) is 0.0455. The van der Waals surface area contributed by atoms with E-state index in [0.29, 0.717) is 17.0 Å². The lowest BCUT2D eigenvalue weighted by Crippen LogP contribution is -2.12. The minimum atomic E-state index is -2.93. The van der Waals surface area contributed by atoms with Crippen LogP contribution in [0.3, 0.4) is 0 Å². The molecule has 0 saturated carbocycles. The maximum atomic E-state index is 12.7. The highest BCUT2D eigenvalue weighted by Crippen LogP contribution is 2.30. The van der Waals surface area contributed by atoms with E-state index in [4.69, 9.17) is 4.74 Å². The monoisotopic (exact) mass is 467 g/mol. The van der Waals surface area contributed by atoms with Gasteiger partial charge < -0.3 is 14.8 Å². The predicted molar refractivity (Wildman–Crippen MR) is 116 cm³/mol. The number of benzene rings is 2. The molecule has 0 aliphatic carbocycles. The zero-order valence-corrected chi connectivity index (χ0v) is 17.1. The highest BCUT2D eigenvalue weighted by atomic mass is 19.3. The summed E-state index contributed by atoms with van der Waals surface area (Å²) >= 11 is 0. The van der Waals surface area contributed by atoms with Crippen LogP contribution in [-0.4, -0.2) is 32.6 Å². The minimum absolute atomic E-state index is 0.0118. The van der Waals surface area contributed by atoms with Crippen molar-refractivity contribution in [1.29, 1.82) is 0 Å². The molecule has 2 aromatic carbocycles. The van der Waals surface area contributed by atoms with Crippen LogP contribution < -0.4 is 14.8 Å². The number of nitro benzene ring substituents is 1. The highest BCUT2D eigenvalue weighted by molar-refractivity contribution is 6.03. The normalized spacial score (nSPS) is 10.7. The first-order valence-electron chi connectivity index (χ1n) is 9.67. The molecule has 0 aliphatic rings. The Morgan fingerprint density at radius 1 is 1.06 bits per heavy atom. The lowest BCUT2D eigenvalue weighted by atomic mass is 10.1. The van der Waals surface area contributed by atoms with Gasteiger partial charge in [-0.05, 0) is 42.5 Å². The summed E-state index contributed by atoms with van der Waals surface area (Å²) in [6.45, 7) is -2.93. The van der Waals surface area contributed by atoms with Gasteiger partial charge in [0, 0.05) is 23.9 Å². The summed E-state index contributed by atoms with van der Waals surface area (Å²) in [4.78, 5) is 27.3. The van der Waals surface area contributed by atoms with E-state index in [2.05, 4.69) is 25.2 Å². The average Bonchev–Trinajstić information content (AvgIpc) is 3.30. The molecule has 172 valence electrons. The van der Waals surface area contributed by atoms with Crippen LogP contribution in [0.5, 0.6) is 17.2 Å². The van der Waals surface area contributed by atoms with Gasteiger partial charge in [-0.25, -0.2) is 0 Å². The van der Waals surface area contributed by atoms with Gasteiger partial charge in [-0.2, -0.15) is 13.9 Å². The van der Waals surface area contributed by atoms with Crippen molar-refractivity contribution in [3.8, 4) is 28.5 Å². The molecule has 34 heavy (non-hydrogen) atoms. The van der Waals surface area contributed by atoms with Crippen molar-refractivity contribution in [1.82, 2.24) is 15.2 Å². The number of nitro groups is 1. The molecule has 0 radical (unpaired) electrons. The Hall–Kier alpha value is -4.87. The number of alkyl halides is 2. The Morgan fingerprint density at radius 2 is 1.85 bits per heavy atom. The van der Waals surface area contributed by atoms with Crippen molar-refractivity contribution in [3.05, 3.63) is 88.9 Å². The van der Waals surface area contributed by atoms with Crippen LogP contribution >= 0.6 is 0 Å². The Morgan fingerprint density at radius 3 is 2.53 bits per heavy atom. The molecule has 0 unspecified atom stereocenters. The summed E-state index contributed by atoms with van der Waals surface area (Å²) in [5, 5.41) is 20.5. The molecule has 1 amide bonds. The van der Waals surface area contributed by atoms with Crippen LogP contribution in [0.2, 0.25) is 0 Å². The molecular formula is C22H15F2N5O5. The molecule has 0 spiro atoms. The number of hydrogen-bond acceptors (Lipinski definition) is 7. The summed E-state index contributed by atoms with van der Waals surface area (Å²) in [6.07, 6.45) is 2.99. The second-order valence-electron chi connectivity index (χ2n) is 6.79. The summed E-state index contributed by atoms with van der Waals surface area (Å²) in [5.41, 5.74) is 0.854. The quantitative estimate of drug-likeness (QED) is 0.274. The minimum Gasteiger partial charge on any atom is -0.455 e. The largest absolute Gasteiger partial charge is 0.455 e. The Bertz CT molecular complexity index is 1310. The standard InChI is InChI=1S/C22H15F2N5O5/c23-22(24)34-16-5-3-13(4-6-16)19-11-20(28-27-19)21(30)26-14-8-15(29(31)32)10-18(9-14)33-17-2-1-7-25-12-17/h1-12,22H,(H,26,30)(H,27,28). The number of ether oxygens (including phenoxy) is 2. The second kappa shape index (κ2) is 9.73. The van der Waals surface area contributed by atoms with E-state index in [1.54, 1.807) is 18.3 Å². The highest BCUT2D eigenvalue weighted by Gasteiger charge is 2.16. The van der Waals surface area contributed by atoms with E-state index in [1.165, 1.54) is 54.7 Å². The van der Waals surface area contributed by atoms with Crippen molar-refractivity contribution in [2.24, 2.45) is 0 Å². The van der Waals surface area contributed by atoms with Gasteiger partial charge in [0.25, 0.3) is 11.6 Å². The van der Waals surface area contributed by atoms with Crippen LogP contribution in [-0.2, 0) is 0 Å². The summed E-state index contributed by atoms with van der Waals surface area (Å²) in [7, 11) is 0. The summed E-state index contributed by atoms with van der Waals surface area (Å²) in [6, 6.07) is 14.3. The molecule has 2 N–H and O–H groups in total. The fourth-order valence-corrected chi connectivity index (χ4v) is 2.95. The number of anilines is 1. The number of halogens is 2. The SMILES string of the molecule is O=C(Nc1cc(Oc2cccnc2)cc([N+](=O)[O-])c1)c1cc(-c2ccc(OC(F)F)cc2)n[nH]1. The number of non-ortho nitro benzene ring substituents is 1. The topological polar surface area (TPSA) is 132 Å². The lowest BCUT2D eigenvalue weighted by Gasteiger charge is -2.08. The number of hydrogen-bond donors (Lipinski definition) is 2. The fourth-order valence-electron chi connectivity index (χ4n) is 2.95. The number of pyridine rings is 1. The van der Waals surface area contributed by atoms with Gasteiger partial charge in [-0.1, -0.05) is 0 Å². The summed E-state index contributed by atoms with van der Waals surface area (Å²) < 4.78 is 34.5. The first-order chi connectivity index (χ1) is 16.4. The molecule has 4 rings (SSSR count). The van der Waals surface area contributed by atoms with E-state index in [-0.39, 0.29) is 28.6 Å². The second-order valence-corrected chi connectivity index (χ2v) is 6.79. The van der Waals surface area contributed by atoms with Crippen molar-refractivity contribution < 1.29 is 28.0 Å². The molecule has 12 heteroatoms. The Labute approximate surface area is 190 Å². The van der Waals surface area contributed by atoms with Crippen LogP contribution in [0.25, 0.3) is 11.3 Å². The molecule has 10 nitrogen and oxygen atoms in total. The molecule has 4 aromatic rings. The molecule has 0 fully saturated rings. The van der Waals surface area contributed by atoms with Gasteiger partial charge in [0.05, 0.1) is 28.6 Å². The molecular weight excluding hydrogens is 452 g/mol. The van der Waals surface area contributed by atoms with Gasteiger partial charge in [0.15, 0.2) is 0 Å². The number of rotatable bonds is 8. The molecule has 0 saturated heterocycles. The van der Waals surface area contributed by atoms with Crippen molar-refractivity contribution in [2.75, 3.05) is 5.32 Å². The number of amides is 1. The van der Waals surface area contributed by atoms with E-state index in [0.717, 1.165) is 0 Å². The van der Waals surface area contributed by atoms with E-state index < -0.39 is 17.4 Å². The van der Waals surface area contributed by atoms with Gasteiger partial charge >= 0.3 is 6.61 Å². The first-order valence-corrected chi connectivity index (χ1v) is 9.67. The van der Waals surface area contributed by atoms with Crippen molar-refractivity contribution in [3.63, 3.8) is 0 Å². The number of H-pyrrole nitrogens is 1. The number of nitrogens with one attached hydrogen (secondary N) is 2. The maximum Gasteiger partial charge on any atom is 0.387 e. The van der Waals surface area contributed by atoms with Gasteiger partial charge in [-0.3, -0.25) is 25.0 Å². The van der Waals surface area contributed by atoms with Gasteiger partial charge in [0.2, 0.25) is 0 Å². The Kier molecular flexibility index (Phi) is 6.39. The number of aromatic amines is 1. The zero-order chi connectivity index (χ0) is 24.1. The van der Waals surface area contributed by atoms with E-state index in [1.807, 2.05) is 0 Å². The number of carbonyl (C=O) groups excluding carboxylic acids is 1. The molecule has 2 aromatic heterocycles. The average molecular weight is 467 g/mol. The maximum absolute atomic E-state index is 12.7. The Balaban J connectivity index is 1.51. The smallest absolute Gasteiger partial charge is 0.387 e. The summed E-state index contributed by atoms with van der Waals surface area (Å²) in [5.74, 6) is -0.121. The molecule has 0 bridgehead atoms. The van der Waals surface area contributed by atoms with Gasteiger partial charge in [0.1, 0.15) is 22.9 Å². The third-order valence-corrected chi connectivity index (χ3v) is 4.43. The van der Waals surface area contributed by atoms with Crippen LogP contribution in [0, 0.1) is 10.1 Å². The van der Waals surface area contributed by atoms with Gasteiger partial charge in [-0.15, -0.1) is 0 Å². The van der Waals surface area contributed by atoms with Crippen molar-refractivity contribution in [2.45, 2.75) is 6.61 Å². The lowest BCUT2D eigenvalue weighted by molar-refractivity contribution is -0.384. The third-order valence-electron chi connectivity index (χ3n) is 4.43. The van der Waals surface area contributed by atoms with Crippen LogP contribution in [0.4, 0.5) is 20.2 Å². The van der Waals surface area contributed by atoms with Crippen LogP contribution in [0.1, 0.15) is 10.5 Å². The number of nitrogens with zero attached hydrogens (tertiary/aromatic N) is 3. The third kappa shape index (κ3) is 5.48. The van der Waals surface area contributed by atoms with Crippen LogP contribution in [0.15, 0.2) is 73.1 Å². The van der Waals surface area contributed by atoms with Crippen molar-refractivity contribution >= 4 is 17.3 Å². The number of carbonyl (C=O) groups is 1. The molecule has 2 heterocycles. The first kappa shape index (κ1) is 22.3. The predicted octanol–water partition coefficient (Wildman–Crippen LogP) is 5.03. The number of aromatic nitrogens is 3. The molecule has 0 atom stereocenters. The zero-order valence-electron chi connectivity index (χ0n) is 17.1. The molecule has 0 aliphatic heterocycles. The van der Waals surface area contributed by atoms with E-state index >= 15 is 0 Å².